The Kier molecular flexibility index (Phi) is 6.53. The lowest BCUT2D eigenvalue weighted by molar-refractivity contribution is 0.660. The van der Waals surface area contributed by atoms with Gasteiger partial charge in [0.1, 0.15) is 0 Å². The zero-order valence-corrected chi connectivity index (χ0v) is 24.5. The van der Waals surface area contributed by atoms with Crippen molar-refractivity contribution in [1.82, 2.24) is 0 Å². The zero-order valence-electron chi connectivity index (χ0n) is 22.9. The molecule has 0 saturated heterocycles. The van der Waals surface area contributed by atoms with Crippen molar-refractivity contribution in [3.63, 3.8) is 0 Å². The van der Waals surface area contributed by atoms with Crippen molar-refractivity contribution in [2.45, 2.75) is 33.1 Å². The highest BCUT2D eigenvalue weighted by Gasteiger charge is 2.35. The highest BCUT2D eigenvalue weighted by Crippen LogP contribution is 2.49. The molecule has 0 N–H and O–H groups in total. The standard InChI is InChI=1S/C37H32BrN/c1-25-20-26(2)22-32(21-25)39(30-8-6-5-7-9-30)31-16-12-27(13-17-31)10-11-28-14-18-33-34-19-15-29(38)24-36(34)37(3,4)35(33)23-28/h5-24H,1-4H3. The number of hydrogen-bond donors (Lipinski definition) is 0. The summed E-state index contributed by atoms with van der Waals surface area (Å²) < 4.78 is 1.13. The summed E-state index contributed by atoms with van der Waals surface area (Å²) in [4.78, 5) is 2.33. The Bertz CT molecular complexity index is 1670. The van der Waals surface area contributed by atoms with Crippen LogP contribution in [0, 0.1) is 13.8 Å². The van der Waals surface area contributed by atoms with Gasteiger partial charge in [0.15, 0.2) is 0 Å². The first-order valence-corrected chi connectivity index (χ1v) is 14.3. The summed E-state index contributed by atoms with van der Waals surface area (Å²) in [5.41, 5.74) is 13.8. The lowest BCUT2D eigenvalue weighted by Crippen LogP contribution is -2.15. The number of fused-ring (bicyclic) bond motifs is 3. The van der Waals surface area contributed by atoms with Crippen LogP contribution < -0.4 is 4.90 Å². The Balaban J connectivity index is 1.29. The maximum Gasteiger partial charge on any atom is 0.0466 e. The summed E-state index contributed by atoms with van der Waals surface area (Å²) in [6.45, 7) is 8.96. The van der Waals surface area contributed by atoms with E-state index in [1.807, 2.05) is 0 Å². The smallest absolute Gasteiger partial charge is 0.0466 e. The van der Waals surface area contributed by atoms with Gasteiger partial charge in [0.2, 0.25) is 0 Å². The van der Waals surface area contributed by atoms with Gasteiger partial charge in [-0.1, -0.05) is 103 Å². The van der Waals surface area contributed by atoms with Gasteiger partial charge in [-0.05, 0) is 107 Å². The van der Waals surface area contributed by atoms with Crippen molar-refractivity contribution in [2.75, 3.05) is 4.90 Å². The number of rotatable bonds is 5. The van der Waals surface area contributed by atoms with Crippen LogP contribution in [0.1, 0.15) is 47.2 Å². The number of nitrogens with zero attached hydrogens (tertiary/aromatic N) is 1. The topological polar surface area (TPSA) is 3.24 Å². The fourth-order valence-electron chi connectivity index (χ4n) is 5.86. The lowest BCUT2D eigenvalue weighted by atomic mass is 9.82. The molecule has 39 heavy (non-hydrogen) atoms. The Morgan fingerprint density at radius 3 is 1.82 bits per heavy atom. The molecular weight excluding hydrogens is 538 g/mol. The van der Waals surface area contributed by atoms with Crippen LogP contribution in [0.15, 0.2) is 114 Å². The van der Waals surface area contributed by atoms with Gasteiger partial charge < -0.3 is 4.90 Å². The Morgan fingerprint density at radius 1 is 0.564 bits per heavy atom. The fourth-order valence-corrected chi connectivity index (χ4v) is 6.22. The first kappa shape index (κ1) is 25.4. The molecule has 0 aromatic heterocycles. The molecule has 0 heterocycles. The maximum atomic E-state index is 3.66. The zero-order chi connectivity index (χ0) is 27.1. The number of anilines is 3. The lowest BCUT2D eigenvalue weighted by Gasteiger charge is -2.26. The number of para-hydroxylation sites is 1. The van der Waals surface area contributed by atoms with E-state index in [9.17, 15) is 0 Å². The molecule has 5 aromatic carbocycles. The first-order chi connectivity index (χ1) is 18.8. The SMILES string of the molecule is Cc1cc(C)cc(N(c2ccccc2)c2ccc(C=Cc3ccc4c(c3)C(C)(C)c3cc(Br)ccc3-4)cc2)c1. The predicted molar refractivity (Wildman–Crippen MR) is 171 cm³/mol. The van der Waals surface area contributed by atoms with Crippen LogP contribution in [0.3, 0.4) is 0 Å². The van der Waals surface area contributed by atoms with Crippen molar-refractivity contribution in [3.05, 3.63) is 147 Å². The van der Waals surface area contributed by atoms with Gasteiger partial charge in [0, 0.05) is 26.9 Å². The molecule has 5 aromatic rings. The van der Waals surface area contributed by atoms with E-state index in [0.29, 0.717) is 0 Å². The number of benzene rings is 5. The van der Waals surface area contributed by atoms with Crippen LogP contribution >= 0.6 is 15.9 Å². The monoisotopic (exact) mass is 569 g/mol. The third-order valence-corrected chi connectivity index (χ3v) is 8.25. The molecule has 0 fully saturated rings. The number of aryl methyl sites for hydroxylation is 2. The second kappa shape index (κ2) is 10.0. The molecule has 0 aliphatic heterocycles. The van der Waals surface area contributed by atoms with E-state index in [4.69, 9.17) is 0 Å². The molecule has 192 valence electrons. The molecule has 1 aliphatic rings. The van der Waals surface area contributed by atoms with E-state index < -0.39 is 0 Å². The molecule has 0 unspecified atom stereocenters. The summed E-state index contributed by atoms with van der Waals surface area (Å²) in [5, 5.41) is 0. The average molecular weight is 571 g/mol. The normalized spacial score (nSPS) is 13.4. The molecule has 1 aliphatic carbocycles. The van der Waals surface area contributed by atoms with E-state index in [2.05, 4.69) is 170 Å². The molecule has 0 saturated carbocycles. The summed E-state index contributed by atoms with van der Waals surface area (Å²) in [6, 6.07) is 39.6. The summed E-state index contributed by atoms with van der Waals surface area (Å²) in [7, 11) is 0. The summed E-state index contributed by atoms with van der Waals surface area (Å²) >= 11 is 3.66. The Morgan fingerprint density at radius 2 is 1.13 bits per heavy atom. The molecule has 1 nitrogen and oxygen atoms in total. The van der Waals surface area contributed by atoms with E-state index in [1.165, 1.54) is 50.2 Å². The molecule has 0 amide bonds. The number of hydrogen-bond acceptors (Lipinski definition) is 1. The van der Waals surface area contributed by atoms with Gasteiger partial charge in [-0.15, -0.1) is 0 Å². The first-order valence-electron chi connectivity index (χ1n) is 13.5. The van der Waals surface area contributed by atoms with Gasteiger partial charge in [-0.3, -0.25) is 0 Å². The van der Waals surface area contributed by atoms with Crippen molar-refractivity contribution in [2.24, 2.45) is 0 Å². The maximum absolute atomic E-state index is 3.66. The minimum absolute atomic E-state index is 0.0189. The third kappa shape index (κ3) is 4.86. The van der Waals surface area contributed by atoms with Crippen LogP contribution in [-0.4, -0.2) is 0 Å². The van der Waals surface area contributed by atoms with Crippen molar-refractivity contribution >= 4 is 45.1 Å². The van der Waals surface area contributed by atoms with Gasteiger partial charge in [-0.2, -0.15) is 0 Å². The highest BCUT2D eigenvalue weighted by molar-refractivity contribution is 9.10. The quantitative estimate of drug-likeness (QED) is 0.190. The largest absolute Gasteiger partial charge is 0.310 e. The van der Waals surface area contributed by atoms with E-state index in [-0.39, 0.29) is 5.41 Å². The van der Waals surface area contributed by atoms with Crippen LogP contribution in [0.4, 0.5) is 17.1 Å². The average Bonchev–Trinajstić information content (AvgIpc) is 3.14. The van der Waals surface area contributed by atoms with Crippen LogP contribution in [0.5, 0.6) is 0 Å². The van der Waals surface area contributed by atoms with E-state index in [1.54, 1.807) is 0 Å². The van der Waals surface area contributed by atoms with Crippen molar-refractivity contribution in [3.8, 4) is 11.1 Å². The summed E-state index contributed by atoms with van der Waals surface area (Å²) in [6.07, 6.45) is 4.43. The van der Waals surface area contributed by atoms with Gasteiger partial charge >= 0.3 is 0 Å². The molecule has 2 heteroatoms. The number of halogens is 1. The van der Waals surface area contributed by atoms with Gasteiger partial charge in [0.05, 0.1) is 0 Å². The second-order valence-corrected chi connectivity index (χ2v) is 12.0. The Hall–Kier alpha value is -3.88. The fraction of sp³-hybridized carbons (Fsp3) is 0.135. The minimum Gasteiger partial charge on any atom is -0.310 e. The molecular formula is C37H32BrN. The molecule has 0 atom stereocenters. The van der Waals surface area contributed by atoms with E-state index >= 15 is 0 Å². The van der Waals surface area contributed by atoms with Crippen LogP contribution in [0.2, 0.25) is 0 Å². The minimum atomic E-state index is -0.0189. The molecule has 0 radical (unpaired) electrons. The third-order valence-electron chi connectivity index (χ3n) is 7.76. The van der Waals surface area contributed by atoms with Crippen molar-refractivity contribution < 1.29 is 0 Å². The van der Waals surface area contributed by atoms with Gasteiger partial charge in [-0.25, -0.2) is 0 Å². The molecule has 0 bridgehead atoms. The highest BCUT2D eigenvalue weighted by atomic mass is 79.9. The van der Waals surface area contributed by atoms with Crippen molar-refractivity contribution in [1.29, 1.82) is 0 Å². The molecule has 6 rings (SSSR count). The summed E-state index contributed by atoms with van der Waals surface area (Å²) in [5.74, 6) is 0. The Labute approximate surface area is 240 Å². The predicted octanol–water partition coefficient (Wildman–Crippen LogP) is 11.0. The van der Waals surface area contributed by atoms with E-state index in [0.717, 1.165) is 15.8 Å². The van der Waals surface area contributed by atoms with Crippen LogP contribution in [0.25, 0.3) is 23.3 Å². The molecule has 0 spiro atoms. The van der Waals surface area contributed by atoms with Gasteiger partial charge in [0.25, 0.3) is 0 Å². The van der Waals surface area contributed by atoms with Crippen LogP contribution in [-0.2, 0) is 5.41 Å². The second-order valence-electron chi connectivity index (χ2n) is 11.1.